The zero-order valence-electron chi connectivity index (χ0n) is 26.7. The molecule has 0 aliphatic rings. The maximum atomic E-state index is 13.0. The molecule has 43 heavy (non-hydrogen) atoms. The van der Waals surface area contributed by atoms with E-state index in [0.717, 1.165) is 65.7 Å². The molecule has 0 saturated heterocycles. The molecule has 0 heterocycles. The molecule has 0 aliphatic heterocycles. The molecule has 4 heteroatoms. The number of amides is 2. The topological polar surface area (TPSA) is 58.2 Å². The highest BCUT2D eigenvalue weighted by atomic mass is 16.2. The number of nitrogens with one attached hydrogen (secondary N) is 2. The quantitative estimate of drug-likeness (QED) is 0.178. The van der Waals surface area contributed by atoms with Crippen LogP contribution in [0, 0.1) is 13.8 Å². The summed E-state index contributed by atoms with van der Waals surface area (Å²) in [7, 11) is 0. The van der Waals surface area contributed by atoms with Gasteiger partial charge < -0.3 is 10.6 Å². The van der Waals surface area contributed by atoms with E-state index in [4.69, 9.17) is 0 Å². The summed E-state index contributed by atoms with van der Waals surface area (Å²) in [5, 5.41) is 6.49. The second-order valence-corrected chi connectivity index (χ2v) is 11.6. The molecule has 0 saturated carbocycles. The molecule has 4 aromatic carbocycles. The fourth-order valence-electron chi connectivity index (χ4n) is 5.94. The van der Waals surface area contributed by atoms with Crippen LogP contribution in [0.2, 0.25) is 0 Å². The molecular weight excluding hydrogens is 528 g/mol. The maximum absolute atomic E-state index is 13.0. The van der Waals surface area contributed by atoms with Gasteiger partial charge in [-0.25, -0.2) is 0 Å². The molecule has 0 atom stereocenters. The van der Waals surface area contributed by atoms with Crippen molar-refractivity contribution in [3.05, 3.63) is 128 Å². The van der Waals surface area contributed by atoms with Gasteiger partial charge in [-0.05, 0) is 90.5 Å². The van der Waals surface area contributed by atoms with E-state index in [0.29, 0.717) is 12.8 Å². The Bertz CT molecular complexity index is 1430. The van der Waals surface area contributed by atoms with Gasteiger partial charge in [0.15, 0.2) is 0 Å². The van der Waals surface area contributed by atoms with Gasteiger partial charge in [-0.1, -0.05) is 112 Å². The second kappa shape index (κ2) is 14.8. The minimum Gasteiger partial charge on any atom is -0.325 e. The van der Waals surface area contributed by atoms with Gasteiger partial charge in [0.25, 0.3) is 0 Å². The maximum Gasteiger partial charge on any atom is 0.228 e. The Morgan fingerprint density at radius 2 is 0.860 bits per heavy atom. The molecule has 0 radical (unpaired) electrons. The van der Waals surface area contributed by atoms with Crippen LogP contribution in [0.5, 0.6) is 0 Å². The van der Waals surface area contributed by atoms with E-state index < -0.39 is 0 Å². The number of hydrogen-bond donors (Lipinski definition) is 2. The first kappa shape index (κ1) is 31.7. The lowest BCUT2D eigenvalue weighted by Crippen LogP contribution is -2.17. The van der Waals surface area contributed by atoms with E-state index in [-0.39, 0.29) is 11.8 Å². The molecule has 224 valence electrons. The van der Waals surface area contributed by atoms with Gasteiger partial charge in [0, 0.05) is 11.4 Å². The van der Waals surface area contributed by atoms with Gasteiger partial charge in [0.2, 0.25) is 11.8 Å². The van der Waals surface area contributed by atoms with Gasteiger partial charge in [-0.3, -0.25) is 9.59 Å². The van der Waals surface area contributed by atoms with Crippen molar-refractivity contribution in [3.63, 3.8) is 0 Å². The summed E-state index contributed by atoms with van der Waals surface area (Å²) in [6.45, 7) is 12.7. The van der Waals surface area contributed by atoms with E-state index in [2.05, 4.69) is 74.7 Å². The van der Waals surface area contributed by atoms with E-state index in [1.54, 1.807) is 0 Å². The van der Waals surface area contributed by atoms with Crippen molar-refractivity contribution >= 4 is 23.2 Å². The Hall–Kier alpha value is -4.18. The van der Waals surface area contributed by atoms with E-state index in [9.17, 15) is 9.59 Å². The number of hydrogen-bond acceptors (Lipinski definition) is 2. The average Bonchev–Trinajstić information content (AvgIpc) is 2.98. The third-order valence-electron chi connectivity index (χ3n) is 8.08. The number of anilines is 2. The second-order valence-electron chi connectivity index (χ2n) is 11.6. The van der Waals surface area contributed by atoms with Crippen molar-refractivity contribution in [2.24, 2.45) is 0 Å². The molecule has 0 fully saturated rings. The van der Waals surface area contributed by atoms with Gasteiger partial charge in [0.1, 0.15) is 0 Å². The lowest BCUT2D eigenvalue weighted by molar-refractivity contribution is -0.116. The predicted octanol–water partition coefficient (Wildman–Crippen LogP) is 8.51. The first-order valence-corrected chi connectivity index (χ1v) is 15.7. The Morgan fingerprint density at radius 3 is 1.16 bits per heavy atom. The number of rotatable bonds is 12. The average molecular weight is 575 g/mol. The van der Waals surface area contributed by atoms with Crippen molar-refractivity contribution in [3.8, 4) is 0 Å². The highest BCUT2D eigenvalue weighted by Crippen LogP contribution is 2.30. The van der Waals surface area contributed by atoms with Crippen LogP contribution in [0.1, 0.15) is 83.3 Å². The predicted molar refractivity (Wildman–Crippen MR) is 180 cm³/mol. The molecule has 0 bridgehead atoms. The summed E-state index contributed by atoms with van der Waals surface area (Å²) >= 11 is 0. The first-order valence-electron chi connectivity index (χ1n) is 15.7. The lowest BCUT2D eigenvalue weighted by atomic mass is 9.92. The van der Waals surface area contributed by atoms with Crippen LogP contribution in [-0.2, 0) is 54.5 Å². The normalized spacial score (nSPS) is 10.9. The fourth-order valence-corrected chi connectivity index (χ4v) is 5.94. The fraction of sp³-hybridized carbons (Fsp3) is 0.333. The molecule has 4 aromatic rings. The van der Waals surface area contributed by atoms with E-state index in [1.165, 1.54) is 33.4 Å². The van der Waals surface area contributed by atoms with Crippen molar-refractivity contribution in [2.75, 3.05) is 10.6 Å². The Morgan fingerprint density at radius 1 is 0.512 bits per heavy atom. The Labute approximate surface area is 257 Å². The molecular formula is C39H46N2O2. The van der Waals surface area contributed by atoms with Crippen LogP contribution >= 0.6 is 0 Å². The summed E-state index contributed by atoms with van der Waals surface area (Å²) in [5.74, 6) is 0.0333. The van der Waals surface area contributed by atoms with Crippen LogP contribution in [0.25, 0.3) is 0 Å². The zero-order chi connectivity index (χ0) is 30.9. The van der Waals surface area contributed by atoms with Crippen LogP contribution in [0.3, 0.4) is 0 Å². The molecule has 0 aliphatic carbocycles. The van der Waals surface area contributed by atoms with Crippen LogP contribution in [-0.4, -0.2) is 11.8 Å². The SMILES string of the molecule is CCc1cc(Cc2cc(CC)c(NC(=O)Cc3cccc(C)c3)c(CC)c2)cc(CC)c1NC(=O)Cc1cccc(C)c1. The standard InChI is InChI=1S/C39H46N2O2/c1-7-32-20-30(21-33(8-2)38(32)40-36(42)24-28-15-11-13-26(5)17-28)19-31-22-34(9-3)39(35(10-4)23-31)41-37(43)25-29-16-12-14-27(6)18-29/h11-18,20-23H,7-10,19,24-25H2,1-6H3,(H,40,42)(H,41,43). The molecule has 0 unspecified atom stereocenters. The summed E-state index contributed by atoms with van der Waals surface area (Å²) in [5.41, 5.74) is 13.4. The molecule has 0 spiro atoms. The monoisotopic (exact) mass is 574 g/mol. The van der Waals surface area contributed by atoms with Crippen molar-refractivity contribution in [1.29, 1.82) is 0 Å². The van der Waals surface area contributed by atoms with E-state index in [1.807, 2.05) is 50.2 Å². The molecule has 2 N–H and O–H groups in total. The minimum atomic E-state index is 0.0166. The van der Waals surface area contributed by atoms with Gasteiger partial charge in [-0.2, -0.15) is 0 Å². The molecule has 4 nitrogen and oxygen atoms in total. The van der Waals surface area contributed by atoms with Gasteiger partial charge in [-0.15, -0.1) is 0 Å². The van der Waals surface area contributed by atoms with Crippen molar-refractivity contribution in [1.82, 2.24) is 0 Å². The van der Waals surface area contributed by atoms with E-state index >= 15 is 0 Å². The zero-order valence-corrected chi connectivity index (χ0v) is 26.7. The lowest BCUT2D eigenvalue weighted by Gasteiger charge is -2.19. The number of aryl methyl sites for hydroxylation is 6. The molecule has 4 rings (SSSR count). The highest BCUT2D eigenvalue weighted by molar-refractivity contribution is 5.94. The van der Waals surface area contributed by atoms with Crippen molar-refractivity contribution in [2.45, 2.75) is 86.5 Å². The first-order chi connectivity index (χ1) is 20.7. The molecule has 0 aromatic heterocycles. The summed E-state index contributed by atoms with van der Waals surface area (Å²) in [6.07, 6.45) is 4.89. The number of benzene rings is 4. The Balaban J connectivity index is 1.55. The summed E-state index contributed by atoms with van der Waals surface area (Å²) in [6, 6.07) is 25.2. The smallest absolute Gasteiger partial charge is 0.228 e. The summed E-state index contributed by atoms with van der Waals surface area (Å²) in [4.78, 5) is 26.1. The Kier molecular flexibility index (Phi) is 10.9. The number of carbonyl (C=O) groups excluding carboxylic acids is 2. The minimum absolute atomic E-state index is 0.0166. The molecule has 2 amide bonds. The van der Waals surface area contributed by atoms with Crippen LogP contribution < -0.4 is 10.6 Å². The third kappa shape index (κ3) is 8.44. The van der Waals surface area contributed by atoms with Gasteiger partial charge >= 0.3 is 0 Å². The van der Waals surface area contributed by atoms with Gasteiger partial charge in [0.05, 0.1) is 12.8 Å². The largest absolute Gasteiger partial charge is 0.325 e. The van der Waals surface area contributed by atoms with Crippen LogP contribution in [0.4, 0.5) is 11.4 Å². The summed E-state index contributed by atoms with van der Waals surface area (Å²) < 4.78 is 0. The van der Waals surface area contributed by atoms with Crippen LogP contribution in [0.15, 0.2) is 72.8 Å². The highest BCUT2D eigenvalue weighted by Gasteiger charge is 2.16. The number of carbonyl (C=O) groups is 2. The third-order valence-corrected chi connectivity index (χ3v) is 8.08. The van der Waals surface area contributed by atoms with Crippen molar-refractivity contribution < 1.29 is 9.59 Å².